The van der Waals surface area contributed by atoms with Crippen molar-refractivity contribution < 1.29 is 4.79 Å². The molecule has 0 aliphatic carbocycles. The van der Waals surface area contributed by atoms with Crippen molar-refractivity contribution in [3.8, 4) is 0 Å². The van der Waals surface area contributed by atoms with Crippen LogP contribution in [0.2, 0.25) is 0 Å². The van der Waals surface area contributed by atoms with Crippen LogP contribution in [-0.2, 0) is 17.8 Å². The molecule has 22 heavy (non-hydrogen) atoms. The van der Waals surface area contributed by atoms with Crippen molar-refractivity contribution in [3.05, 3.63) is 53.3 Å². The van der Waals surface area contributed by atoms with Crippen LogP contribution in [0.15, 0.2) is 36.5 Å². The molecule has 0 saturated carbocycles. The molecule has 0 radical (unpaired) electrons. The molecular formula is C17H22N4O. The minimum Gasteiger partial charge on any atom is -0.335 e. The molecule has 0 fully saturated rings. The fraction of sp³-hybridized carbons (Fsp3) is 0.412. The summed E-state index contributed by atoms with van der Waals surface area (Å²) < 4.78 is 0. The SMILES string of the molecule is CCN(C)C(C(=O)N1CCc2cn[nH]c2C1)c1ccccc1. The molecule has 1 N–H and O–H groups in total. The number of aromatic nitrogens is 2. The zero-order valence-corrected chi connectivity index (χ0v) is 13.1. The number of likely N-dealkylation sites (N-methyl/N-ethyl adjacent to an activating group) is 1. The van der Waals surface area contributed by atoms with Crippen LogP contribution in [0.1, 0.15) is 29.8 Å². The van der Waals surface area contributed by atoms with Crippen LogP contribution in [-0.4, -0.2) is 46.0 Å². The molecule has 1 aliphatic heterocycles. The Morgan fingerprint density at radius 3 is 2.91 bits per heavy atom. The van der Waals surface area contributed by atoms with Crippen molar-refractivity contribution in [3.63, 3.8) is 0 Å². The second kappa shape index (κ2) is 6.32. The maximum Gasteiger partial charge on any atom is 0.244 e. The van der Waals surface area contributed by atoms with Gasteiger partial charge in [-0.3, -0.25) is 14.8 Å². The van der Waals surface area contributed by atoms with Crippen LogP contribution in [0.5, 0.6) is 0 Å². The summed E-state index contributed by atoms with van der Waals surface area (Å²) in [6, 6.07) is 9.79. The van der Waals surface area contributed by atoms with Crippen LogP contribution in [0, 0.1) is 0 Å². The highest BCUT2D eigenvalue weighted by molar-refractivity contribution is 5.83. The summed E-state index contributed by atoms with van der Waals surface area (Å²) in [5.41, 5.74) is 3.34. The molecule has 1 aliphatic rings. The first-order valence-corrected chi connectivity index (χ1v) is 7.75. The van der Waals surface area contributed by atoms with E-state index in [9.17, 15) is 4.79 Å². The number of benzene rings is 1. The average Bonchev–Trinajstić information content (AvgIpc) is 3.03. The third-order valence-electron chi connectivity index (χ3n) is 4.41. The van der Waals surface area contributed by atoms with Crippen molar-refractivity contribution in [2.45, 2.75) is 25.9 Å². The highest BCUT2D eigenvalue weighted by atomic mass is 16.2. The van der Waals surface area contributed by atoms with Gasteiger partial charge in [-0.2, -0.15) is 5.10 Å². The Morgan fingerprint density at radius 1 is 1.41 bits per heavy atom. The summed E-state index contributed by atoms with van der Waals surface area (Å²) in [4.78, 5) is 17.1. The summed E-state index contributed by atoms with van der Waals surface area (Å²) in [7, 11) is 2.00. The van der Waals surface area contributed by atoms with E-state index >= 15 is 0 Å². The summed E-state index contributed by atoms with van der Waals surface area (Å²) in [5, 5.41) is 7.09. The lowest BCUT2D eigenvalue weighted by molar-refractivity contribution is -0.137. The van der Waals surface area contributed by atoms with Gasteiger partial charge in [-0.25, -0.2) is 0 Å². The van der Waals surface area contributed by atoms with Gasteiger partial charge in [0.25, 0.3) is 0 Å². The number of carbonyl (C=O) groups excluding carboxylic acids is 1. The van der Waals surface area contributed by atoms with Gasteiger partial charge in [0, 0.05) is 6.54 Å². The molecule has 0 spiro atoms. The van der Waals surface area contributed by atoms with Crippen LogP contribution in [0.4, 0.5) is 0 Å². The van der Waals surface area contributed by atoms with E-state index in [0.29, 0.717) is 6.54 Å². The molecule has 0 saturated heterocycles. The number of fused-ring (bicyclic) bond motifs is 1. The predicted molar refractivity (Wildman–Crippen MR) is 85.2 cm³/mol. The molecule has 0 bridgehead atoms. The number of carbonyl (C=O) groups is 1. The number of rotatable bonds is 4. The zero-order chi connectivity index (χ0) is 15.5. The second-order valence-electron chi connectivity index (χ2n) is 5.77. The second-order valence-corrected chi connectivity index (χ2v) is 5.77. The molecule has 1 unspecified atom stereocenters. The van der Waals surface area contributed by atoms with Crippen LogP contribution < -0.4 is 0 Å². The smallest absolute Gasteiger partial charge is 0.244 e. The zero-order valence-electron chi connectivity index (χ0n) is 13.1. The first-order chi connectivity index (χ1) is 10.7. The molecule has 116 valence electrons. The van der Waals surface area contributed by atoms with E-state index in [1.807, 2.05) is 48.5 Å². The summed E-state index contributed by atoms with van der Waals surface area (Å²) >= 11 is 0. The van der Waals surface area contributed by atoms with E-state index in [-0.39, 0.29) is 11.9 Å². The molecule has 2 aromatic rings. The monoisotopic (exact) mass is 298 g/mol. The Balaban J connectivity index is 1.84. The molecule has 5 nitrogen and oxygen atoms in total. The average molecular weight is 298 g/mol. The Morgan fingerprint density at radius 2 is 2.18 bits per heavy atom. The first-order valence-electron chi connectivity index (χ1n) is 7.75. The van der Waals surface area contributed by atoms with E-state index in [0.717, 1.165) is 30.8 Å². The molecule has 1 atom stereocenters. The Bertz CT molecular complexity index is 637. The lowest BCUT2D eigenvalue weighted by Gasteiger charge is -2.34. The molecule has 2 heterocycles. The number of hydrogen-bond donors (Lipinski definition) is 1. The van der Waals surface area contributed by atoms with Gasteiger partial charge in [0.15, 0.2) is 0 Å². The lowest BCUT2D eigenvalue weighted by Crippen LogP contribution is -2.43. The van der Waals surface area contributed by atoms with Crippen molar-refractivity contribution in [1.29, 1.82) is 0 Å². The number of nitrogens with zero attached hydrogens (tertiary/aromatic N) is 3. The number of amides is 1. The third-order valence-corrected chi connectivity index (χ3v) is 4.41. The van der Waals surface area contributed by atoms with E-state index in [1.165, 1.54) is 5.56 Å². The van der Waals surface area contributed by atoms with Crippen LogP contribution in [0.25, 0.3) is 0 Å². The lowest BCUT2D eigenvalue weighted by atomic mass is 10.0. The van der Waals surface area contributed by atoms with Gasteiger partial charge in [0.05, 0.1) is 18.4 Å². The van der Waals surface area contributed by atoms with Gasteiger partial charge >= 0.3 is 0 Å². The standard InChI is InChI=1S/C17H22N4O/c1-3-20(2)16(13-7-5-4-6-8-13)17(22)21-10-9-14-11-18-19-15(14)12-21/h4-8,11,16H,3,9-10,12H2,1-2H3,(H,18,19). The molecule has 3 rings (SSSR count). The third kappa shape index (κ3) is 2.76. The summed E-state index contributed by atoms with van der Waals surface area (Å²) in [5.74, 6) is 0.163. The molecule has 5 heteroatoms. The quantitative estimate of drug-likeness (QED) is 0.939. The van der Waals surface area contributed by atoms with Gasteiger partial charge in [-0.05, 0) is 31.1 Å². The normalized spacial score (nSPS) is 15.7. The van der Waals surface area contributed by atoms with Crippen molar-refractivity contribution >= 4 is 5.91 Å². The summed E-state index contributed by atoms with van der Waals surface area (Å²) in [6.45, 7) is 4.28. The topological polar surface area (TPSA) is 52.2 Å². The molecule has 1 aromatic carbocycles. The van der Waals surface area contributed by atoms with Gasteiger partial charge in [-0.1, -0.05) is 37.3 Å². The number of hydrogen-bond acceptors (Lipinski definition) is 3. The minimum atomic E-state index is -0.226. The first kappa shape index (κ1) is 14.8. The maximum absolute atomic E-state index is 13.1. The van der Waals surface area contributed by atoms with E-state index < -0.39 is 0 Å². The number of nitrogens with one attached hydrogen (secondary N) is 1. The van der Waals surface area contributed by atoms with Crippen LogP contribution >= 0.6 is 0 Å². The Hall–Kier alpha value is -2.14. The fourth-order valence-electron chi connectivity index (χ4n) is 2.98. The van der Waals surface area contributed by atoms with E-state index in [2.05, 4.69) is 22.0 Å². The Labute approximate surface area is 130 Å². The molecule has 1 amide bonds. The number of H-pyrrole nitrogens is 1. The predicted octanol–water partition coefficient (Wildman–Crippen LogP) is 1.99. The van der Waals surface area contributed by atoms with E-state index in [4.69, 9.17) is 0 Å². The maximum atomic E-state index is 13.1. The summed E-state index contributed by atoms with van der Waals surface area (Å²) in [6.07, 6.45) is 2.74. The molecule has 1 aromatic heterocycles. The van der Waals surface area contributed by atoms with Gasteiger partial charge in [0.2, 0.25) is 5.91 Å². The highest BCUT2D eigenvalue weighted by Crippen LogP contribution is 2.25. The van der Waals surface area contributed by atoms with E-state index in [1.54, 1.807) is 0 Å². The Kier molecular flexibility index (Phi) is 4.24. The van der Waals surface area contributed by atoms with Crippen molar-refractivity contribution in [2.24, 2.45) is 0 Å². The van der Waals surface area contributed by atoms with Crippen molar-refractivity contribution in [2.75, 3.05) is 20.1 Å². The fourth-order valence-corrected chi connectivity index (χ4v) is 2.98. The number of aromatic amines is 1. The molecular weight excluding hydrogens is 276 g/mol. The largest absolute Gasteiger partial charge is 0.335 e. The minimum absolute atomic E-state index is 0.163. The van der Waals surface area contributed by atoms with Gasteiger partial charge in [-0.15, -0.1) is 0 Å². The van der Waals surface area contributed by atoms with Gasteiger partial charge in [0.1, 0.15) is 6.04 Å². The highest BCUT2D eigenvalue weighted by Gasteiger charge is 2.31. The van der Waals surface area contributed by atoms with Crippen LogP contribution in [0.3, 0.4) is 0 Å². The van der Waals surface area contributed by atoms with Crippen molar-refractivity contribution in [1.82, 2.24) is 20.0 Å². The van der Waals surface area contributed by atoms with Gasteiger partial charge < -0.3 is 4.90 Å².